The van der Waals surface area contributed by atoms with E-state index in [2.05, 4.69) is 19.2 Å². The Bertz CT molecular complexity index is 442. The molecule has 4 nitrogen and oxygen atoms in total. The van der Waals surface area contributed by atoms with Gasteiger partial charge < -0.3 is 9.47 Å². The molecular formula is C17H27NO3. The lowest BCUT2D eigenvalue weighted by atomic mass is 9.91. The molecule has 0 saturated heterocycles. The molecule has 0 aliphatic carbocycles. The van der Waals surface area contributed by atoms with E-state index in [1.54, 1.807) is 0 Å². The van der Waals surface area contributed by atoms with E-state index in [0.29, 0.717) is 19.1 Å². The molecule has 21 heavy (non-hydrogen) atoms. The summed E-state index contributed by atoms with van der Waals surface area (Å²) in [5, 5.41) is 3.33. The van der Waals surface area contributed by atoms with Crippen LogP contribution >= 0.6 is 0 Å². The topological polar surface area (TPSA) is 47.6 Å². The molecule has 0 radical (unpaired) electrons. The summed E-state index contributed by atoms with van der Waals surface area (Å²) >= 11 is 0. The second-order valence-electron chi connectivity index (χ2n) is 5.58. The van der Waals surface area contributed by atoms with Crippen molar-refractivity contribution in [3.8, 4) is 5.75 Å². The number of nitrogens with one attached hydrogen (secondary N) is 1. The number of ether oxygens (including phenoxy) is 2. The van der Waals surface area contributed by atoms with Gasteiger partial charge in [0.05, 0.1) is 13.2 Å². The van der Waals surface area contributed by atoms with Gasteiger partial charge in [0.2, 0.25) is 0 Å². The van der Waals surface area contributed by atoms with Crippen LogP contribution in [0.2, 0.25) is 0 Å². The largest absolute Gasteiger partial charge is 0.494 e. The van der Waals surface area contributed by atoms with Crippen molar-refractivity contribution in [2.75, 3.05) is 19.8 Å². The first-order valence-electron chi connectivity index (χ1n) is 7.59. The first kappa shape index (κ1) is 17.5. The zero-order valence-electron chi connectivity index (χ0n) is 13.7. The molecule has 1 unspecified atom stereocenters. The molecule has 0 aromatic heterocycles. The molecule has 1 rings (SSSR count). The zero-order valence-corrected chi connectivity index (χ0v) is 13.7. The van der Waals surface area contributed by atoms with Crippen LogP contribution in [0.15, 0.2) is 24.3 Å². The van der Waals surface area contributed by atoms with Gasteiger partial charge in [-0.2, -0.15) is 0 Å². The average molecular weight is 293 g/mol. The Morgan fingerprint density at radius 2 is 1.81 bits per heavy atom. The molecule has 118 valence electrons. The average Bonchev–Trinajstić information content (AvgIpc) is 2.46. The normalized spacial score (nSPS) is 13.8. The molecule has 0 spiro atoms. The van der Waals surface area contributed by atoms with Gasteiger partial charge in [-0.3, -0.25) is 5.32 Å². The van der Waals surface area contributed by atoms with E-state index in [4.69, 9.17) is 9.47 Å². The Morgan fingerprint density at radius 3 is 2.29 bits per heavy atom. The molecular weight excluding hydrogens is 266 g/mol. The first-order valence-corrected chi connectivity index (χ1v) is 7.59. The standard InChI is InChI=1S/C17H27NO3/c1-6-20-15-10-8-14(9-11-15)17(5,16(19)21-7-2)18-12-13(3)4/h8-11,13,18H,6-7,12H2,1-5H3. The van der Waals surface area contributed by atoms with Crippen LogP contribution in [0, 0.1) is 5.92 Å². The van der Waals surface area contributed by atoms with E-state index < -0.39 is 5.54 Å². The van der Waals surface area contributed by atoms with E-state index >= 15 is 0 Å². The maximum atomic E-state index is 12.4. The van der Waals surface area contributed by atoms with Crippen LogP contribution in [0.1, 0.15) is 40.2 Å². The Morgan fingerprint density at radius 1 is 1.19 bits per heavy atom. The van der Waals surface area contributed by atoms with Crippen molar-refractivity contribution in [3.63, 3.8) is 0 Å². The molecule has 0 heterocycles. The number of esters is 1. The fraction of sp³-hybridized carbons (Fsp3) is 0.588. The SMILES string of the molecule is CCOC(=O)C(C)(NCC(C)C)c1ccc(OCC)cc1. The number of hydrogen-bond donors (Lipinski definition) is 1. The van der Waals surface area contributed by atoms with Crippen LogP contribution in [0.4, 0.5) is 0 Å². The van der Waals surface area contributed by atoms with E-state index in [1.165, 1.54) is 0 Å². The molecule has 0 aliphatic heterocycles. The molecule has 1 atom stereocenters. The summed E-state index contributed by atoms with van der Waals surface area (Å²) in [6, 6.07) is 7.59. The van der Waals surface area contributed by atoms with Gasteiger partial charge >= 0.3 is 5.97 Å². The van der Waals surface area contributed by atoms with Crippen molar-refractivity contribution < 1.29 is 14.3 Å². The number of carbonyl (C=O) groups is 1. The number of hydrogen-bond acceptors (Lipinski definition) is 4. The third-order valence-corrected chi connectivity index (χ3v) is 3.29. The highest BCUT2D eigenvalue weighted by Crippen LogP contribution is 2.25. The third-order valence-electron chi connectivity index (χ3n) is 3.29. The van der Waals surface area contributed by atoms with Crippen LogP contribution in [-0.4, -0.2) is 25.7 Å². The maximum Gasteiger partial charge on any atom is 0.330 e. The summed E-state index contributed by atoms with van der Waals surface area (Å²) in [4.78, 5) is 12.4. The second kappa shape index (κ2) is 8.03. The predicted octanol–water partition coefficient (Wildman–Crippen LogP) is 3.11. The lowest BCUT2D eigenvalue weighted by Gasteiger charge is -2.30. The molecule has 0 saturated carbocycles. The molecule has 0 aliphatic rings. The van der Waals surface area contributed by atoms with Crippen molar-refractivity contribution in [1.29, 1.82) is 0 Å². The molecule has 1 aromatic carbocycles. The quantitative estimate of drug-likeness (QED) is 0.748. The second-order valence-corrected chi connectivity index (χ2v) is 5.58. The van der Waals surface area contributed by atoms with Crippen molar-refractivity contribution in [2.45, 2.75) is 40.2 Å². The third kappa shape index (κ3) is 4.74. The minimum atomic E-state index is -0.842. The van der Waals surface area contributed by atoms with Gasteiger partial charge in [0.25, 0.3) is 0 Å². The fourth-order valence-electron chi connectivity index (χ4n) is 2.03. The van der Waals surface area contributed by atoms with Crippen LogP contribution in [-0.2, 0) is 15.1 Å². The Labute approximate surface area is 127 Å². The summed E-state index contributed by atoms with van der Waals surface area (Å²) in [6.07, 6.45) is 0. The Balaban J connectivity index is 3.01. The summed E-state index contributed by atoms with van der Waals surface area (Å²) < 4.78 is 10.7. The van der Waals surface area contributed by atoms with Gasteiger partial charge in [-0.15, -0.1) is 0 Å². The minimum Gasteiger partial charge on any atom is -0.494 e. The summed E-state index contributed by atoms with van der Waals surface area (Å²) in [5.74, 6) is 0.993. The van der Waals surface area contributed by atoms with Crippen LogP contribution in [0.25, 0.3) is 0 Å². The van der Waals surface area contributed by atoms with Gasteiger partial charge in [-0.1, -0.05) is 26.0 Å². The smallest absolute Gasteiger partial charge is 0.330 e. The van der Waals surface area contributed by atoms with E-state index in [1.807, 2.05) is 45.0 Å². The summed E-state index contributed by atoms with van der Waals surface area (Å²) in [6.45, 7) is 11.6. The molecule has 1 N–H and O–H groups in total. The summed E-state index contributed by atoms with van der Waals surface area (Å²) in [5.41, 5.74) is 0.0374. The maximum absolute atomic E-state index is 12.4. The van der Waals surface area contributed by atoms with Crippen molar-refractivity contribution in [1.82, 2.24) is 5.32 Å². The molecule has 0 bridgehead atoms. The van der Waals surface area contributed by atoms with Crippen molar-refractivity contribution in [3.05, 3.63) is 29.8 Å². The summed E-state index contributed by atoms with van der Waals surface area (Å²) in [7, 11) is 0. The first-order chi connectivity index (χ1) is 9.93. The van der Waals surface area contributed by atoms with Gasteiger partial charge in [0.15, 0.2) is 0 Å². The molecule has 0 fully saturated rings. The fourth-order valence-corrected chi connectivity index (χ4v) is 2.03. The number of benzene rings is 1. The van der Waals surface area contributed by atoms with E-state index in [0.717, 1.165) is 17.9 Å². The van der Waals surface area contributed by atoms with Gasteiger partial charge in [0, 0.05) is 0 Å². The van der Waals surface area contributed by atoms with E-state index in [9.17, 15) is 4.79 Å². The molecule has 0 amide bonds. The Hall–Kier alpha value is -1.55. The monoisotopic (exact) mass is 293 g/mol. The molecule has 4 heteroatoms. The van der Waals surface area contributed by atoms with E-state index in [-0.39, 0.29) is 5.97 Å². The predicted molar refractivity (Wildman–Crippen MR) is 84.4 cm³/mol. The van der Waals surface area contributed by atoms with Gasteiger partial charge in [0.1, 0.15) is 11.3 Å². The van der Waals surface area contributed by atoms with Crippen molar-refractivity contribution >= 4 is 5.97 Å². The van der Waals surface area contributed by atoms with Crippen molar-refractivity contribution in [2.24, 2.45) is 5.92 Å². The highest BCUT2D eigenvalue weighted by atomic mass is 16.5. The highest BCUT2D eigenvalue weighted by molar-refractivity contribution is 5.82. The van der Waals surface area contributed by atoms with Crippen LogP contribution < -0.4 is 10.1 Å². The highest BCUT2D eigenvalue weighted by Gasteiger charge is 2.36. The number of carbonyl (C=O) groups excluding carboxylic acids is 1. The lowest BCUT2D eigenvalue weighted by molar-refractivity contribution is -0.151. The minimum absolute atomic E-state index is 0.255. The molecule has 1 aromatic rings. The zero-order chi connectivity index (χ0) is 15.9. The lowest BCUT2D eigenvalue weighted by Crippen LogP contribution is -2.49. The number of rotatable bonds is 8. The van der Waals surface area contributed by atoms with Crippen LogP contribution in [0.3, 0.4) is 0 Å². The van der Waals surface area contributed by atoms with Crippen LogP contribution in [0.5, 0.6) is 5.75 Å². The Kier molecular flexibility index (Phi) is 6.69. The van der Waals surface area contributed by atoms with Gasteiger partial charge in [-0.25, -0.2) is 4.79 Å². The van der Waals surface area contributed by atoms with Gasteiger partial charge in [-0.05, 0) is 50.9 Å².